The van der Waals surface area contributed by atoms with Gasteiger partial charge in [-0.05, 0) is 24.5 Å². The number of benzene rings is 1. The molecule has 1 unspecified atom stereocenters. The summed E-state index contributed by atoms with van der Waals surface area (Å²) < 4.78 is 11.3. The van der Waals surface area contributed by atoms with Gasteiger partial charge in [0, 0.05) is 12.2 Å². The average Bonchev–Trinajstić information content (AvgIpc) is 2.39. The number of hydrogen-bond acceptors (Lipinski definition) is 3. The van der Waals surface area contributed by atoms with Gasteiger partial charge in [0.25, 0.3) is 0 Å². The number of para-hydroxylation sites is 1. The van der Waals surface area contributed by atoms with Crippen LogP contribution in [0.1, 0.15) is 12.0 Å². The van der Waals surface area contributed by atoms with Crippen molar-refractivity contribution in [3.05, 3.63) is 29.8 Å². The van der Waals surface area contributed by atoms with Gasteiger partial charge in [-0.2, -0.15) is 0 Å². The Kier molecular flexibility index (Phi) is 2.80. The molecule has 86 valence electrons. The van der Waals surface area contributed by atoms with E-state index in [1.165, 1.54) is 24.1 Å². The number of ether oxygens (including phenoxy) is 2. The van der Waals surface area contributed by atoms with E-state index in [4.69, 9.17) is 9.47 Å². The molecule has 0 saturated carbocycles. The summed E-state index contributed by atoms with van der Waals surface area (Å²) in [5, 5.41) is 0. The van der Waals surface area contributed by atoms with Crippen LogP contribution in [0.5, 0.6) is 0 Å². The first-order chi connectivity index (χ1) is 7.95. The molecule has 0 bridgehead atoms. The molecule has 2 heterocycles. The molecule has 1 atom stereocenters. The standard InChI is InChI=1S/C13H17NO2/c1-2-6-12-11(4-1)5-3-7-14(12)13-10-15-8-9-16-13/h1-2,4,6,13H,3,5,7-10H2. The first-order valence-electron chi connectivity index (χ1n) is 5.99. The van der Waals surface area contributed by atoms with E-state index in [1.54, 1.807) is 0 Å². The van der Waals surface area contributed by atoms with Crippen LogP contribution in [-0.2, 0) is 15.9 Å². The highest BCUT2D eigenvalue weighted by molar-refractivity contribution is 5.55. The van der Waals surface area contributed by atoms with Gasteiger partial charge < -0.3 is 14.4 Å². The monoisotopic (exact) mass is 219 g/mol. The van der Waals surface area contributed by atoms with Gasteiger partial charge in [-0.3, -0.25) is 0 Å². The van der Waals surface area contributed by atoms with Crippen LogP contribution in [-0.4, -0.2) is 32.6 Å². The summed E-state index contributed by atoms with van der Waals surface area (Å²) in [5.74, 6) is 0. The predicted molar refractivity (Wildman–Crippen MR) is 62.7 cm³/mol. The maximum absolute atomic E-state index is 5.78. The minimum Gasteiger partial charge on any atom is -0.374 e. The van der Waals surface area contributed by atoms with E-state index in [1.807, 2.05) is 0 Å². The minimum atomic E-state index is 0.107. The summed E-state index contributed by atoms with van der Waals surface area (Å²) in [7, 11) is 0. The molecule has 0 aromatic heterocycles. The lowest BCUT2D eigenvalue weighted by Gasteiger charge is -2.39. The van der Waals surface area contributed by atoms with Crippen molar-refractivity contribution in [2.24, 2.45) is 0 Å². The second kappa shape index (κ2) is 4.44. The number of anilines is 1. The van der Waals surface area contributed by atoms with Gasteiger partial charge in [-0.15, -0.1) is 0 Å². The molecule has 3 nitrogen and oxygen atoms in total. The van der Waals surface area contributed by atoms with Crippen LogP contribution < -0.4 is 4.90 Å². The maximum Gasteiger partial charge on any atom is 0.153 e. The van der Waals surface area contributed by atoms with E-state index in [-0.39, 0.29) is 6.23 Å². The van der Waals surface area contributed by atoms with Gasteiger partial charge in [0.05, 0.1) is 19.8 Å². The maximum atomic E-state index is 5.78. The summed E-state index contributed by atoms with van der Waals surface area (Å²) in [6.07, 6.45) is 2.49. The van der Waals surface area contributed by atoms with E-state index in [9.17, 15) is 0 Å². The molecule has 1 saturated heterocycles. The Morgan fingerprint density at radius 1 is 1.19 bits per heavy atom. The molecule has 1 fully saturated rings. The molecule has 1 aromatic carbocycles. The van der Waals surface area contributed by atoms with E-state index < -0.39 is 0 Å². The van der Waals surface area contributed by atoms with Gasteiger partial charge in [-0.25, -0.2) is 0 Å². The lowest BCUT2D eigenvalue weighted by Crippen LogP contribution is -2.46. The normalized spacial score (nSPS) is 25.2. The fourth-order valence-electron chi connectivity index (χ4n) is 2.52. The number of hydrogen-bond donors (Lipinski definition) is 0. The predicted octanol–water partition coefficient (Wildman–Crippen LogP) is 1.81. The zero-order chi connectivity index (χ0) is 10.8. The summed E-state index contributed by atoms with van der Waals surface area (Å²) in [5.41, 5.74) is 2.76. The summed E-state index contributed by atoms with van der Waals surface area (Å²) >= 11 is 0. The summed E-state index contributed by atoms with van der Waals surface area (Å²) in [6, 6.07) is 8.61. The minimum absolute atomic E-state index is 0.107. The highest BCUT2D eigenvalue weighted by Crippen LogP contribution is 2.29. The lowest BCUT2D eigenvalue weighted by molar-refractivity contribution is -0.0887. The van der Waals surface area contributed by atoms with Gasteiger partial charge >= 0.3 is 0 Å². The van der Waals surface area contributed by atoms with E-state index in [0.29, 0.717) is 13.2 Å². The van der Waals surface area contributed by atoms with E-state index in [2.05, 4.69) is 29.2 Å². The number of rotatable bonds is 1. The van der Waals surface area contributed by atoms with Crippen molar-refractivity contribution < 1.29 is 9.47 Å². The third kappa shape index (κ3) is 1.81. The topological polar surface area (TPSA) is 21.7 Å². The molecule has 2 aliphatic heterocycles. The van der Waals surface area contributed by atoms with Crippen molar-refractivity contribution >= 4 is 5.69 Å². The largest absolute Gasteiger partial charge is 0.374 e. The van der Waals surface area contributed by atoms with Crippen molar-refractivity contribution in [1.82, 2.24) is 0 Å². The molecule has 16 heavy (non-hydrogen) atoms. The molecule has 0 aliphatic carbocycles. The average molecular weight is 219 g/mol. The Hall–Kier alpha value is -1.06. The van der Waals surface area contributed by atoms with Crippen LogP contribution in [0.25, 0.3) is 0 Å². The Bertz CT molecular complexity index is 361. The van der Waals surface area contributed by atoms with Crippen molar-refractivity contribution in [1.29, 1.82) is 0 Å². The van der Waals surface area contributed by atoms with Gasteiger partial charge in [0.1, 0.15) is 0 Å². The van der Waals surface area contributed by atoms with Crippen LogP contribution in [0.15, 0.2) is 24.3 Å². The van der Waals surface area contributed by atoms with Crippen molar-refractivity contribution in [3.8, 4) is 0 Å². The molecule has 0 spiro atoms. The van der Waals surface area contributed by atoms with Gasteiger partial charge in [-0.1, -0.05) is 18.2 Å². The Morgan fingerprint density at radius 2 is 2.12 bits per heavy atom. The Labute approximate surface area is 96.0 Å². The highest BCUT2D eigenvalue weighted by Gasteiger charge is 2.26. The summed E-state index contributed by atoms with van der Waals surface area (Å²) in [6.45, 7) is 3.20. The van der Waals surface area contributed by atoms with E-state index >= 15 is 0 Å². The van der Waals surface area contributed by atoms with Crippen LogP contribution >= 0.6 is 0 Å². The van der Waals surface area contributed by atoms with Gasteiger partial charge in [0.15, 0.2) is 6.23 Å². The Balaban J connectivity index is 1.86. The molecule has 1 aromatic rings. The number of nitrogens with zero attached hydrogens (tertiary/aromatic N) is 1. The molecule has 0 radical (unpaired) electrons. The lowest BCUT2D eigenvalue weighted by atomic mass is 10.0. The second-order valence-electron chi connectivity index (χ2n) is 4.33. The third-order valence-electron chi connectivity index (χ3n) is 3.29. The molecule has 3 heteroatoms. The van der Waals surface area contributed by atoms with Crippen LogP contribution in [0.3, 0.4) is 0 Å². The molecular formula is C13H17NO2. The van der Waals surface area contributed by atoms with Crippen molar-refractivity contribution in [2.75, 3.05) is 31.3 Å². The molecule has 2 aliphatic rings. The van der Waals surface area contributed by atoms with Crippen LogP contribution in [0.2, 0.25) is 0 Å². The molecular weight excluding hydrogens is 202 g/mol. The van der Waals surface area contributed by atoms with Crippen LogP contribution in [0.4, 0.5) is 5.69 Å². The highest BCUT2D eigenvalue weighted by atomic mass is 16.6. The Morgan fingerprint density at radius 3 is 3.00 bits per heavy atom. The first kappa shape index (κ1) is 10.1. The SMILES string of the molecule is c1ccc2c(c1)CCCN2C1COCCO1. The zero-order valence-corrected chi connectivity index (χ0v) is 9.39. The second-order valence-corrected chi connectivity index (χ2v) is 4.33. The molecule has 0 amide bonds. The first-order valence-corrected chi connectivity index (χ1v) is 5.99. The zero-order valence-electron chi connectivity index (χ0n) is 9.39. The fourth-order valence-corrected chi connectivity index (χ4v) is 2.52. The smallest absolute Gasteiger partial charge is 0.153 e. The van der Waals surface area contributed by atoms with Crippen molar-refractivity contribution in [2.45, 2.75) is 19.1 Å². The quantitative estimate of drug-likeness (QED) is 0.719. The molecule has 0 N–H and O–H groups in total. The van der Waals surface area contributed by atoms with E-state index in [0.717, 1.165) is 13.2 Å². The number of fused-ring (bicyclic) bond motifs is 1. The fraction of sp³-hybridized carbons (Fsp3) is 0.538. The third-order valence-corrected chi connectivity index (χ3v) is 3.29. The van der Waals surface area contributed by atoms with Crippen LogP contribution in [0, 0.1) is 0 Å². The number of aryl methyl sites for hydroxylation is 1. The summed E-state index contributed by atoms with van der Waals surface area (Å²) in [4.78, 5) is 2.35. The van der Waals surface area contributed by atoms with Crippen molar-refractivity contribution in [3.63, 3.8) is 0 Å². The molecule has 3 rings (SSSR count). The van der Waals surface area contributed by atoms with Gasteiger partial charge in [0.2, 0.25) is 0 Å².